The Morgan fingerprint density at radius 2 is 1.78 bits per heavy atom. The van der Waals surface area contributed by atoms with Gasteiger partial charge < -0.3 is 19.6 Å². The maximum atomic E-state index is 12.0. The van der Waals surface area contributed by atoms with Crippen LogP contribution in [0.2, 0.25) is 0 Å². The first-order chi connectivity index (χ1) is 10.7. The van der Waals surface area contributed by atoms with Gasteiger partial charge in [0.15, 0.2) is 11.5 Å². The molecule has 23 heavy (non-hydrogen) atoms. The Hall–Kier alpha value is -2.46. The Labute approximate surface area is 133 Å². The molecule has 0 fully saturated rings. The molecule has 0 spiro atoms. The minimum atomic E-state index is -3.88. The molecule has 0 bridgehead atoms. The van der Waals surface area contributed by atoms with Crippen molar-refractivity contribution in [2.45, 2.75) is 0 Å². The first-order valence-electron chi connectivity index (χ1n) is 6.42. The molecule has 0 radical (unpaired) electrons. The Morgan fingerprint density at radius 1 is 1.22 bits per heavy atom. The number of rotatable bonds is 6. The van der Waals surface area contributed by atoms with Crippen molar-refractivity contribution in [1.82, 2.24) is 9.29 Å². The normalized spacial score (nSPS) is 11.7. The SMILES string of the molecule is COc1cc2[nH]c(C(=O)O)c(NS(=O)(=O)N(C)C)c2cc1OC. The van der Waals surface area contributed by atoms with E-state index in [1.54, 1.807) is 0 Å². The van der Waals surface area contributed by atoms with E-state index in [0.717, 1.165) is 4.31 Å². The fourth-order valence-electron chi connectivity index (χ4n) is 2.01. The van der Waals surface area contributed by atoms with Crippen LogP contribution in [0.1, 0.15) is 10.5 Å². The van der Waals surface area contributed by atoms with Crippen LogP contribution in [0.4, 0.5) is 5.69 Å². The summed E-state index contributed by atoms with van der Waals surface area (Å²) < 4.78 is 37.6. The number of ether oxygens (including phenoxy) is 2. The highest BCUT2D eigenvalue weighted by atomic mass is 32.2. The molecule has 9 nitrogen and oxygen atoms in total. The summed E-state index contributed by atoms with van der Waals surface area (Å²) in [7, 11) is 1.67. The second-order valence-corrected chi connectivity index (χ2v) is 6.71. The molecule has 1 aromatic heterocycles. The average molecular weight is 343 g/mol. The van der Waals surface area contributed by atoms with E-state index in [0.29, 0.717) is 22.4 Å². The highest BCUT2D eigenvalue weighted by Crippen LogP contribution is 2.37. The van der Waals surface area contributed by atoms with Crippen molar-refractivity contribution in [2.24, 2.45) is 0 Å². The summed E-state index contributed by atoms with van der Waals surface area (Å²) in [6, 6.07) is 3.04. The summed E-state index contributed by atoms with van der Waals surface area (Å²) in [6.07, 6.45) is 0. The molecule has 0 unspecified atom stereocenters. The van der Waals surface area contributed by atoms with E-state index in [4.69, 9.17) is 9.47 Å². The number of hydrogen-bond donors (Lipinski definition) is 3. The molecule has 0 aliphatic carbocycles. The summed E-state index contributed by atoms with van der Waals surface area (Å²) in [4.78, 5) is 14.1. The Kier molecular flexibility index (Phi) is 4.39. The molecular weight excluding hydrogens is 326 g/mol. The molecule has 3 N–H and O–H groups in total. The third-order valence-corrected chi connectivity index (χ3v) is 4.65. The smallest absolute Gasteiger partial charge is 0.354 e. The number of fused-ring (bicyclic) bond motifs is 1. The number of nitrogens with one attached hydrogen (secondary N) is 2. The van der Waals surface area contributed by atoms with Crippen LogP contribution in [0.3, 0.4) is 0 Å². The number of carboxylic acid groups (broad SMARTS) is 1. The van der Waals surface area contributed by atoms with Crippen LogP contribution in [0.25, 0.3) is 10.9 Å². The number of carbonyl (C=O) groups is 1. The number of benzene rings is 1. The van der Waals surface area contributed by atoms with Crippen LogP contribution in [-0.4, -0.2) is 57.1 Å². The van der Waals surface area contributed by atoms with Gasteiger partial charge in [0.1, 0.15) is 5.69 Å². The lowest BCUT2D eigenvalue weighted by atomic mass is 10.2. The molecular formula is C13H17N3O6S. The van der Waals surface area contributed by atoms with Gasteiger partial charge in [-0.25, -0.2) is 4.79 Å². The lowest BCUT2D eigenvalue weighted by Gasteiger charge is -2.14. The molecule has 1 aromatic carbocycles. The van der Waals surface area contributed by atoms with Crippen molar-refractivity contribution in [3.63, 3.8) is 0 Å². The van der Waals surface area contributed by atoms with Gasteiger partial charge in [-0.15, -0.1) is 0 Å². The zero-order valence-corrected chi connectivity index (χ0v) is 13.8. The number of nitrogens with zero attached hydrogens (tertiary/aromatic N) is 1. The molecule has 1 heterocycles. The lowest BCUT2D eigenvalue weighted by molar-refractivity contribution is 0.0692. The molecule has 0 amide bonds. The standard InChI is InChI=1S/C13H17N3O6S/c1-16(2)23(19,20)15-11-7-5-9(21-3)10(22-4)6-8(7)14-12(11)13(17)18/h5-6,14-15H,1-4H3,(H,17,18). The summed E-state index contributed by atoms with van der Waals surface area (Å²) in [6.45, 7) is 0. The summed E-state index contributed by atoms with van der Waals surface area (Å²) >= 11 is 0. The highest BCUT2D eigenvalue weighted by molar-refractivity contribution is 7.90. The topological polar surface area (TPSA) is 121 Å². The minimum absolute atomic E-state index is 0.0675. The van der Waals surface area contributed by atoms with Gasteiger partial charge >= 0.3 is 16.2 Å². The number of H-pyrrole nitrogens is 1. The maximum Gasteiger partial charge on any atom is 0.354 e. The molecule has 0 aliphatic heterocycles. The number of hydrogen-bond acceptors (Lipinski definition) is 5. The molecule has 10 heteroatoms. The van der Waals surface area contributed by atoms with Crippen LogP contribution in [0.15, 0.2) is 12.1 Å². The van der Waals surface area contributed by atoms with Gasteiger partial charge in [-0.2, -0.15) is 12.7 Å². The van der Waals surface area contributed by atoms with E-state index in [1.165, 1.54) is 40.4 Å². The summed E-state index contributed by atoms with van der Waals surface area (Å²) in [5.74, 6) is -0.558. The first-order valence-corrected chi connectivity index (χ1v) is 7.86. The number of aromatic amines is 1. The zero-order chi connectivity index (χ0) is 17.4. The fourth-order valence-corrected chi connectivity index (χ4v) is 2.66. The lowest BCUT2D eigenvalue weighted by Crippen LogP contribution is -2.29. The fraction of sp³-hybridized carbons (Fsp3) is 0.308. The summed E-state index contributed by atoms with van der Waals surface area (Å²) in [5.41, 5.74) is 0.0550. The average Bonchev–Trinajstić information content (AvgIpc) is 2.83. The molecule has 0 aliphatic rings. The van der Waals surface area contributed by atoms with Gasteiger partial charge in [0.05, 0.1) is 25.4 Å². The molecule has 0 saturated heterocycles. The monoisotopic (exact) mass is 343 g/mol. The van der Waals surface area contributed by atoms with Gasteiger partial charge in [-0.1, -0.05) is 0 Å². The van der Waals surface area contributed by atoms with Gasteiger partial charge in [-0.3, -0.25) is 4.72 Å². The predicted molar refractivity (Wildman–Crippen MR) is 84.6 cm³/mol. The Balaban J connectivity index is 2.74. The minimum Gasteiger partial charge on any atom is -0.493 e. The Bertz CT molecular complexity index is 856. The largest absolute Gasteiger partial charge is 0.493 e. The van der Waals surface area contributed by atoms with Crippen LogP contribution in [-0.2, 0) is 10.2 Å². The molecule has 0 saturated carbocycles. The van der Waals surface area contributed by atoms with Crippen LogP contribution >= 0.6 is 0 Å². The van der Waals surface area contributed by atoms with Crippen molar-refractivity contribution in [3.05, 3.63) is 17.8 Å². The van der Waals surface area contributed by atoms with E-state index in [2.05, 4.69) is 9.71 Å². The van der Waals surface area contributed by atoms with Crippen molar-refractivity contribution in [1.29, 1.82) is 0 Å². The molecule has 2 rings (SSSR count). The molecule has 0 atom stereocenters. The third kappa shape index (κ3) is 3.03. The van der Waals surface area contributed by atoms with Crippen molar-refractivity contribution in [2.75, 3.05) is 33.0 Å². The van der Waals surface area contributed by atoms with Gasteiger partial charge in [0, 0.05) is 25.5 Å². The second-order valence-electron chi connectivity index (χ2n) is 4.82. The molecule has 2 aromatic rings. The van der Waals surface area contributed by atoms with Gasteiger partial charge in [-0.05, 0) is 6.07 Å². The number of carboxylic acids is 1. The van der Waals surface area contributed by atoms with Crippen molar-refractivity contribution in [3.8, 4) is 11.5 Å². The number of aromatic nitrogens is 1. The van der Waals surface area contributed by atoms with E-state index >= 15 is 0 Å². The van der Waals surface area contributed by atoms with E-state index in [-0.39, 0.29) is 11.4 Å². The van der Waals surface area contributed by atoms with Gasteiger partial charge in [0.25, 0.3) is 0 Å². The first kappa shape index (κ1) is 16.9. The summed E-state index contributed by atoms with van der Waals surface area (Å²) in [5, 5.41) is 9.67. The molecule has 126 valence electrons. The highest BCUT2D eigenvalue weighted by Gasteiger charge is 2.24. The van der Waals surface area contributed by atoms with E-state index < -0.39 is 16.2 Å². The number of aromatic carboxylic acids is 1. The van der Waals surface area contributed by atoms with Crippen molar-refractivity contribution >= 4 is 32.8 Å². The van der Waals surface area contributed by atoms with Crippen LogP contribution in [0, 0.1) is 0 Å². The zero-order valence-electron chi connectivity index (χ0n) is 13.0. The van der Waals surface area contributed by atoms with Gasteiger partial charge in [0.2, 0.25) is 0 Å². The number of anilines is 1. The quantitative estimate of drug-likeness (QED) is 0.722. The van der Waals surface area contributed by atoms with Crippen LogP contribution < -0.4 is 14.2 Å². The maximum absolute atomic E-state index is 12.0. The van der Waals surface area contributed by atoms with Crippen molar-refractivity contribution < 1.29 is 27.8 Å². The van der Waals surface area contributed by atoms with E-state index in [1.807, 2.05) is 0 Å². The van der Waals surface area contributed by atoms with E-state index in [9.17, 15) is 18.3 Å². The Morgan fingerprint density at radius 3 is 2.26 bits per heavy atom. The third-order valence-electron chi connectivity index (χ3n) is 3.23. The number of methoxy groups -OCH3 is 2. The second kappa shape index (κ2) is 5.97. The predicted octanol–water partition coefficient (Wildman–Crippen LogP) is 1.10. The van der Waals surface area contributed by atoms with Crippen LogP contribution in [0.5, 0.6) is 11.5 Å².